The molecule has 0 N–H and O–H groups in total. The van der Waals surface area contributed by atoms with Crippen molar-refractivity contribution in [2.45, 2.75) is 64.3 Å². The Kier molecular flexibility index (Phi) is 7.47. The lowest BCUT2D eigenvalue weighted by molar-refractivity contribution is 0.161. The summed E-state index contributed by atoms with van der Waals surface area (Å²) in [6, 6.07) is 0.860. The predicted molar refractivity (Wildman–Crippen MR) is 73.2 cm³/mol. The van der Waals surface area contributed by atoms with E-state index in [9.17, 15) is 0 Å². The van der Waals surface area contributed by atoms with Crippen LogP contribution >= 0.6 is 11.6 Å². The van der Waals surface area contributed by atoms with E-state index >= 15 is 0 Å². The van der Waals surface area contributed by atoms with Crippen molar-refractivity contribution in [3.8, 4) is 0 Å². The van der Waals surface area contributed by atoms with Gasteiger partial charge < -0.3 is 4.90 Å². The average molecular weight is 246 g/mol. The van der Waals surface area contributed by atoms with E-state index in [1.165, 1.54) is 57.9 Å². The van der Waals surface area contributed by atoms with E-state index in [1.54, 1.807) is 0 Å². The molecule has 0 aromatic rings. The van der Waals surface area contributed by atoms with E-state index in [1.807, 2.05) is 0 Å². The first-order valence-electron chi connectivity index (χ1n) is 7.04. The van der Waals surface area contributed by atoms with Crippen molar-refractivity contribution in [1.82, 2.24) is 4.90 Å². The summed E-state index contributed by atoms with van der Waals surface area (Å²) >= 11 is 5.68. The Labute approximate surface area is 107 Å². The second-order valence-corrected chi connectivity index (χ2v) is 5.69. The second kappa shape index (κ2) is 8.36. The fourth-order valence-corrected chi connectivity index (χ4v) is 3.00. The molecule has 0 unspecified atom stereocenters. The summed E-state index contributed by atoms with van der Waals surface area (Å²) in [5.41, 5.74) is 0. The zero-order chi connectivity index (χ0) is 11.8. The molecule has 0 aromatic heterocycles. The second-order valence-electron chi connectivity index (χ2n) is 5.31. The fraction of sp³-hybridized carbons (Fsp3) is 1.00. The van der Waals surface area contributed by atoms with Crippen LogP contribution in [0.5, 0.6) is 0 Å². The van der Waals surface area contributed by atoms with Gasteiger partial charge in [-0.05, 0) is 58.0 Å². The Morgan fingerprint density at radius 1 is 1.06 bits per heavy atom. The van der Waals surface area contributed by atoms with Crippen LogP contribution in [0.2, 0.25) is 0 Å². The molecule has 1 rings (SSSR count). The number of nitrogens with zero attached hydrogens (tertiary/aromatic N) is 1. The van der Waals surface area contributed by atoms with Gasteiger partial charge in [0.2, 0.25) is 0 Å². The first-order chi connectivity index (χ1) is 7.77. The van der Waals surface area contributed by atoms with Gasteiger partial charge in [0.05, 0.1) is 0 Å². The van der Waals surface area contributed by atoms with Crippen LogP contribution in [0, 0.1) is 5.92 Å². The number of unbranched alkanes of at least 4 members (excludes halogenated alkanes) is 2. The van der Waals surface area contributed by atoms with Crippen LogP contribution in [0.4, 0.5) is 0 Å². The summed E-state index contributed by atoms with van der Waals surface area (Å²) in [7, 11) is 2.30. The van der Waals surface area contributed by atoms with Gasteiger partial charge in [-0.15, -0.1) is 11.6 Å². The van der Waals surface area contributed by atoms with Crippen molar-refractivity contribution in [2.75, 3.05) is 19.5 Å². The lowest BCUT2D eigenvalue weighted by Crippen LogP contribution is -2.35. The van der Waals surface area contributed by atoms with Gasteiger partial charge in [0.15, 0.2) is 0 Å². The van der Waals surface area contributed by atoms with Gasteiger partial charge in [0.25, 0.3) is 0 Å². The number of hydrogen-bond acceptors (Lipinski definition) is 1. The topological polar surface area (TPSA) is 3.24 Å². The van der Waals surface area contributed by atoms with Crippen LogP contribution in [0.25, 0.3) is 0 Å². The van der Waals surface area contributed by atoms with E-state index in [0.29, 0.717) is 0 Å². The third-order valence-electron chi connectivity index (χ3n) is 4.16. The van der Waals surface area contributed by atoms with Crippen molar-refractivity contribution in [3.05, 3.63) is 0 Å². The maximum Gasteiger partial charge on any atom is 0.0223 e. The first kappa shape index (κ1) is 14.3. The number of rotatable bonds is 7. The van der Waals surface area contributed by atoms with Crippen LogP contribution in [-0.2, 0) is 0 Å². The van der Waals surface area contributed by atoms with Crippen LogP contribution < -0.4 is 0 Å². The highest BCUT2D eigenvalue weighted by molar-refractivity contribution is 6.17. The van der Waals surface area contributed by atoms with Crippen LogP contribution in [-0.4, -0.2) is 30.4 Å². The van der Waals surface area contributed by atoms with Crippen molar-refractivity contribution in [2.24, 2.45) is 5.92 Å². The maximum absolute atomic E-state index is 5.68. The Balaban J connectivity index is 2.10. The van der Waals surface area contributed by atoms with Crippen molar-refractivity contribution < 1.29 is 0 Å². The van der Waals surface area contributed by atoms with Crippen molar-refractivity contribution in [1.29, 1.82) is 0 Å². The molecule has 1 saturated carbocycles. The molecular weight excluding hydrogens is 218 g/mol. The lowest BCUT2D eigenvalue weighted by atomic mass is 9.84. The molecule has 16 heavy (non-hydrogen) atoms. The standard InChI is InChI=1S/C14H28ClN/c1-3-13-7-9-14(10-8-13)16(2)12-6-4-5-11-15/h13-14H,3-12H2,1-2H3. The van der Waals surface area contributed by atoms with E-state index < -0.39 is 0 Å². The molecule has 0 radical (unpaired) electrons. The summed E-state index contributed by atoms with van der Waals surface area (Å²) in [5, 5.41) is 0. The SMILES string of the molecule is CCC1CCC(N(C)CCCCCCl)CC1. The zero-order valence-electron chi connectivity index (χ0n) is 11.1. The lowest BCUT2D eigenvalue weighted by Gasteiger charge is -2.34. The summed E-state index contributed by atoms with van der Waals surface area (Å²) < 4.78 is 0. The molecule has 0 aliphatic heterocycles. The van der Waals surface area contributed by atoms with Gasteiger partial charge in [-0.1, -0.05) is 19.8 Å². The molecule has 1 aliphatic rings. The molecule has 2 heteroatoms. The van der Waals surface area contributed by atoms with Gasteiger partial charge >= 0.3 is 0 Å². The smallest absolute Gasteiger partial charge is 0.0223 e. The largest absolute Gasteiger partial charge is 0.303 e. The van der Waals surface area contributed by atoms with E-state index in [-0.39, 0.29) is 0 Å². The molecule has 0 aromatic carbocycles. The monoisotopic (exact) mass is 245 g/mol. The molecule has 1 aliphatic carbocycles. The normalized spacial score (nSPS) is 26.2. The zero-order valence-corrected chi connectivity index (χ0v) is 11.8. The van der Waals surface area contributed by atoms with E-state index in [4.69, 9.17) is 11.6 Å². The molecule has 0 atom stereocenters. The summed E-state index contributed by atoms with van der Waals surface area (Å²) in [6.45, 7) is 3.60. The minimum atomic E-state index is 0.825. The molecule has 0 saturated heterocycles. The van der Waals surface area contributed by atoms with E-state index in [2.05, 4.69) is 18.9 Å². The number of hydrogen-bond donors (Lipinski definition) is 0. The molecule has 0 heterocycles. The summed E-state index contributed by atoms with van der Waals surface area (Å²) in [4.78, 5) is 2.58. The quantitative estimate of drug-likeness (QED) is 0.478. The molecule has 0 bridgehead atoms. The number of alkyl halides is 1. The van der Waals surface area contributed by atoms with Crippen LogP contribution in [0.3, 0.4) is 0 Å². The van der Waals surface area contributed by atoms with Gasteiger partial charge in [-0.3, -0.25) is 0 Å². The van der Waals surface area contributed by atoms with Gasteiger partial charge in [0, 0.05) is 11.9 Å². The Morgan fingerprint density at radius 3 is 2.31 bits per heavy atom. The average Bonchev–Trinajstić information content (AvgIpc) is 2.34. The third-order valence-corrected chi connectivity index (χ3v) is 4.43. The highest BCUT2D eigenvalue weighted by atomic mass is 35.5. The van der Waals surface area contributed by atoms with E-state index in [0.717, 1.165) is 17.8 Å². The van der Waals surface area contributed by atoms with Crippen molar-refractivity contribution in [3.63, 3.8) is 0 Å². The highest BCUT2D eigenvalue weighted by Crippen LogP contribution is 2.28. The summed E-state index contributed by atoms with van der Waals surface area (Å²) in [5.74, 6) is 1.84. The van der Waals surface area contributed by atoms with Crippen LogP contribution in [0.1, 0.15) is 58.3 Å². The molecule has 0 amide bonds. The predicted octanol–water partition coefficient (Wildman–Crippen LogP) is 4.30. The first-order valence-corrected chi connectivity index (χ1v) is 7.57. The molecule has 96 valence electrons. The van der Waals surface area contributed by atoms with Gasteiger partial charge in [-0.25, -0.2) is 0 Å². The third kappa shape index (κ3) is 5.05. The summed E-state index contributed by atoms with van der Waals surface area (Å²) in [6.07, 6.45) is 10.9. The number of halogens is 1. The maximum atomic E-state index is 5.68. The molecular formula is C14H28ClN. The molecule has 0 spiro atoms. The van der Waals surface area contributed by atoms with Crippen LogP contribution in [0.15, 0.2) is 0 Å². The highest BCUT2D eigenvalue weighted by Gasteiger charge is 2.22. The van der Waals surface area contributed by atoms with Gasteiger partial charge in [0.1, 0.15) is 0 Å². The Bertz CT molecular complexity index is 164. The molecule has 1 fully saturated rings. The minimum absolute atomic E-state index is 0.825. The Morgan fingerprint density at radius 2 is 1.75 bits per heavy atom. The Hall–Kier alpha value is 0.250. The fourth-order valence-electron chi connectivity index (χ4n) is 2.81. The molecule has 1 nitrogen and oxygen atoms in total. The van der Waals surface area contributed by atoms with Crippen molar-refractivity contribution >= 4 is 11.6 Å². The minimum Gasteiger partial charge on any atom is -0.303 e. The van der Waals surface area contributed by atoms with Gasteiger partial charge in [-0.2, -0.15) is 0 Å².